The van der Waals surface area contributed by atoms with Crippen LogP contribution in [0, 0.1) is 0 Å². The summed E-state index contributed by atoms with van der Waals surface area (Å²) in [5, 5.41) is 14.6. The smallest absolute Gasteiger partial charge is 0.326 e. The van der Waals surface area contributed by atoms with E-state index < -0.39 is 12.0 Å². The molecule has 1 saturated heterocycles. The van der Waals surface area contributed by atoms with E-state index in [1.165, 1.54) is 0 Å². The van der Waals surface area contributed by atoms with Crippen molar-refractivity contribution >= 4 is 12.0 Å². The Balaban J connectivity index is 2.47. The zero-order chi connectivity index (χ0) is 12.8. The monoisotopic (exact) mass is 243 g/mol. The van der Waals surface area contributed by atoms with E-state index in [4.69, 9.17) is 5.11 Å². The molecule has 0 bridgehead atoms. The lowest BCUT2D eigenvalue weighted by Crippen LogP contribution is -2.51. The van der Waals surface area contributed by atoms with E-state index in [0.717, 1.165) is 25.9 Å². The molecule has 0 saturated carbocycles. The normalized spacial score (nSPS) is 18.5. The number of aliphatic carboxylic acids is 1. The number of hydrogen-bond donors (Lipinski definition) is 3. The summed E-state index contributed by atoms with van der Waals surface area (Å²) >= 11 is 0. The van der Waals surface area contributed by atoms with Gasteiger partial charge in [-0.2, -0.15) is 0 Å². The molecule has 0 aromatic carbocycles. The summed E-state index contributed by atoms with van der Waals surface area (Å²) in [6.45, 7) is 3.54. The van der Waals surface area contributed by atoms with Crippen LogP contribution in [0.2, 0.25) is 0 Å². The molecule has 0 aliphatic carbocycles. The standard InChI is InChI=1S/C11H21N3O3/c1-3-9(10(15)16)13-11(17)14(2)8-4-6-12-7-5-8/h8-9,12H,3-7H2,1-2H3,(H,13,17)(H,15,16). The predicted molar refractivity (Wildman–Crippen MR) is 63.9 cm³/mol. The lowest BCUT2D eigenvalue weighted by molar-refractivity contribution is -0.139. The van der Waals surface area contributed by atoms with Crippen molar-refractivity contribution in [3.63, 3.8) is 0 Å². The number of nitrogens with one attached hydrogen (secondary N) is 2. The lowest BCUT2D eigenvalue weighted by atomic mass is 10.1. The summed E-state index contributed by atoms with van der Waals surface area (Å²) in [7, 11) is 1.72. The maximum atomic E-state index is 11.8. The minimum Gasteiger partial charge on any atom is -0.480 e. The second-order valence-corrected chi connectivity index (χ2v) is 4.34. The first-order chi connectivity index (χ1) is 8.06. The number of piperidine rings is 1. The molecule has 6 heteroatoms. The molecule has 0 radical (unpaired) electrons. The molecule has 98 valence electrons. The van der Waals surface area contributed by atoms with Gasteiger partial charge in [-0.15, -0.1) is 0 Å². The average Bonchev–Trinajstić information content (AvgIpc) is 2.35. The summed E-state index contributed by atoms with van der Waals surface area (Å²) in [4.78, 5) is 24.3. The number of hydrogen-bond acceptors (Lipinski definition) is 3. The maximum Gasteiger partial charge on any atom is 0.326 e. The Morgan fingerprint density at radius 1 is 1.47 bits per heavy atom. The van der Waals surface area contributed by atoms with Crippen LogP contribution in [0.15, 0.2) is 0 Å². The minimum atomic E-state index is -0.987. The van der Waals surface area contributed by atoms with Crippen LogP contribution in [-0.2, 0) is 4.79 Å². The van der Waals surface area contributed by atoms with Gasteiger partial charge in [0.2, 0.25) is 0 Å². The second-order valence-electron chi connectivity index (χ2n) is 4.34. The van der Waals surface area contributed by atoms with Gasteiger partial charge in [-0.05, 0) is 32.4 Å². The van der Waals surface area contributed by atoms with Crippen molar-refractivity contribution in [1.29, 1.82) is 0 Å². The fourth-order valence-electron chi connectivity index (χ4n) is 1.95. The summed E-state index contributed by atoms with van der Waals surface area (Å²) in [5.74, 6) is -0.987. The first-order valence-corrected chi connectivity index (χ1v) is 6.03. The van der Waals surface area contributed by atoms with Gasteiger partial charge in [0.25, 0.3) is 0 Å². The van der Waals surface area contributed by atoms with Crippen LogP contribution in [-0.4, -0.2) is 54.2 Å². The largest absolute Gasteiger partial charge is 0.480 e. The van der Waals surface area contributed by atoms with Crippen LogP contribution in [0.25, 0.3) is 0 Å². The molecule has 6 nitrogen and oxygen atoms in total. The quantitative estimate of drug-likeness (QED) is 0.661. The summed E-state index contributed by atoms with van der Waals surface area (Å²) in [6.07, 6.45) is 2.21. The number of carboxylic acid groups (broad SMARTS) is 1. The van der Waals surface area contributed by atoms with Crippen LogP contribution >= 0.6 is 0 Å². The summed E-state index contributed by atoms with van der Waals surface area (Å²) in [5.41, 5.74) is 0. The molecule has 1 atom stereocenters. The highest BCUT2D eigenvalue weighted by Crippen LogP contribution is 2.10. The number of rotatable bonds is 4. The Morgan fingerprint density at radius 3 is 2.53 bits per heavy atom. The molecular formula is C11H21N3O3. The Hall–Kier alpha value is -1.30. The molecular weight excluding hydrogens is 222 g/mol. The number of nitrogens with zero attached hydrogens (tertiary/aromatic N) is 1. The summed E-state index contributed by atoms with van der Waals surface area (Å²) in [6, 6.07) is -0.902. The van der Waals surface area contributed by atoms with E-state index >= 15 is 0 Å². The van der Waals surface area contributed by atoms with Crippen molar-refractivity contribution in [2.24, 2.45) is 0 Å². The molecule has 0 aromatic rings. The zero-order valence-corrected chi connectivity index (χ0v) is 10.4. The Kier molecular flexibility index (Phi) is 5.21. The molecule has 1 rings (SSSR count). The first kappa shape index (κ1) is 13.8. The van der Waals surface area contributed by atoms with E-state index in [0.29, 0.717) is 6.42 Å². The topological polar surface area (TPSA) is 81.7 Å². The number of carbonyl (C=O) groups is 2. The molecule has 3 N–H and O–H groups in total. The van der Waals surface area contributed by atoms with Crippen LogP contribution < -0.4 is 10.6 Å². The SMILES string of the molecule is CCC(NC(=O)N(C)C1CCNCC1)C(=O)O. The summed E-state index contributed by atoms with van der Waals surface area (Å²) < 4.78 is 0. The van der Waals surface area contributed by atoms with Gasteiger partial charge in [0.1, 0.15) is 6.04 Å². The third-order valence-electron chi connectivity index (χ3n) is 3.18. The van der Waals surface area contributed by atoms with E-state index in [-0.39, 0.29) is 12.1 Å². The highest BCUT2D eigenvalue weighted by molar-refractivity contribution is 5.82. The van der Waals surface area contributed by atoms with Gasteiger partial charge in [-0.25, -0.2) is 9.59 Å². The molecule has 17 heavy (non-hydrogen) atoms. The van der Waals surface area contributed by atoms with E-state index in [1.54, 1.807) is 18.9 Å². The lowest BCUT2D eigenvalue weighted by Gasteiger charge is -2.32. The third-order valence-corrected chi connectivity index (χ3v) is 3.18. The minimum absolute atomic E-state index is 0.197. The average molecular weight is 243 g/mol. The molecule has 1 aliphatic rings. The third kappa shape index (κ3) is 3.89. The Bertz CT molecular complexity index is 277. The van der Waals surface area contributed by atoms with Crippen LogP contribution in [0.1, 0.15) is 26.2 Å². The molecule has 0 aromatic heterocycles. The highest BCUT2D eigenvalue weighted by atomic mass is 16.4. The van der Waals surface area contributed by atoms with Crippen molar-refractivity contribution in [2.45, 2.75) is 38.3 Å². The molecule has 2 amide bonds. The Morgan fingerprint density at radius 2 is 2.06 bits per heavy atom. The van der Waals surface area contributed by atoms with Crippen molar-refractivity contribution in [3.8, 4) is 0 Å². The number of urea groups is 1. The van der Waals surface area contributed by atoms with Gasteiger partial charge in [-0.3, -0.25) is 0 Å². The number of carbonyl (C=O) groups excluding carboxylic acids is 1. The van der Waals surface area contributed by atoms with E-state index in [9.17, 15) is 9.59 Å². The van der Waals surface area contributed by atoms with Crippen LogP contribution in [0.4, 0.5) is 4.79 Å². The van der Waals surface area contributed by atoms with Gasteiger partial charge in [-0.1, -0.05) is 6.92 Å². The molecule has 1 fully saturated rings. The fraction of sp³-hybridized carbons (Fsp3) is 0.818. The van der Waals surface area contributed by atoms with Crippen LogP contribution in [0.3, 0.4) is 0 Å². The second kappa shape index (κ2) is 6.44. The molecule has 0 spiro atoms. The number of carboxylic acids is 1. The molecule has 1 heterocycles. The van der Waals surface area contributed by atoms with Crippen molar-refractivity contribution in [1.82, 2.24) is 15.5 Å². The number of amides is 2. The van der Waals surface area contributed by atoms with Gasteiger partial charge in [0, 0.05) is 13.1 Å². The molecule has 1 aliphatic heterocycles. The zero-order valence-electron chi connectivity index (χ0n) is 10.4. The fourth-order valence-corrected chi connectivity index (χ4v) is 1.95. The van der Waals surface area contributed by atoms with Crippen molar-refractivity contribution < 1.29 is 14.7 Å². The van der Waals surface area contributed by atoms with Crippen molar-refractivity contribution in [3.05, 3.63) is 0 Å². The van der Waals surface area contributed by atoms with Gasteiger partial charge < -0.3 is 20.6 Å². The van der Waals surface area contributed by atoms with Crippen LogP contribution in [0.5, 0.6) is 0 Å². The van der Waals surface area contributed by atoms with Gasteiger partial charge in [0.05, 0.1) is 0 Å². The van der Waals surface area contributed by atoms with E-state index in [2.05, 4.69) is 10.6 Å². The van der Waals surface area contributed by atoms with Crippen molar-refractivity contribution in [2.75, 3.05) is 20.1 Å². The highest BCUT2D eigenvalue weighted by Gasteiger charge is 2.25. The first-order valence-electron chi connectivity index (χ1n) is 6.03. The Labute approximate surface area is 101 Å². The maximum absolute atomic E-state index is 11.8. The van der Waals surface area contributed by atoms with Gasteiger partial charge >= 0.3 is 12.0 Å². The molecule has 1 unspecified atom stereocenters. The van der Waals surface area contributed by atoms with Gasteiger partial charge in [0.15, 0.2) is 0 Å². The predicted octanol–water partition coefficient (Wildman–Crippen LogP) is 0.243. The van der Waals surface area contributed by atoms with E-state index in [1.807, 2.05) is 0 Å².